The number of aromatic nitrogens is 1. The average molecular weight is 350 g/mol. The number of amides is 1. The average Bonchev–Trinajstić information content (AvgIpc) is 3.11. The normalized spacial score (nSPS) is 10.7. The summed E-state index contributed by atoms with van der Waals surface area (Å²) >= 11 is 0. The number of benzene rings is 1. The first-order chi connectivity index (χ1) is 12.6. The topological polar surface area (TPSA) is 55.5 Å². The van der Waals surface area contributed by atoms with Crippen molar-refractivity contribution in [1.82, 2.24) is 9.47 Å². The zero-order chi connectivity index (χ0) is 18.5. The molecule has 0 N–H and O–H groups in total. The van der Waals surface area contributed by atoms with E-state index in [1.54, 1.807) is 35.4 Å². The van der Waals surface area contributed by atoms with Gasteiger partial charge in [-0.25, -0.2) is 0 Å². The summed E-state index contributed by atoms with van der Waals surface area (Å²) in [7, 11) is 0. The van der Waals surface area contributed by atoms with Crippen molar-refractivity contribution in [3.63, 3.8) is 0 Å². The Balaban J connectivity index is 1.75. The number of rotatable bonds is 6. The third-order valence-electron chi connectivity index (χ3n) is 4.39. The largest absolute Gasteiger partial charge is 0.454 e. The Morgan fingerprint density at radius 3 is 2.58 bits per heavy atom. The summed E-state index contributed by atoms with van der Waals surface area (Å²) < 4.78 is 7.24. The predicted octanol–water partition coefficient (Wildman–Crippen LogP) is 3.46. The molecule has 26 heavy (non-hydrogen) atoms. The Bertz CT molecular complexity index is 955. The molecule has 0 unspecified atom stereocenters. The van der Waals surface area contributed by atoms with Crippen LogP contribution in [-0.4, -0.2) is 21.9 Å². The fourth-order valence-electron chi connectivity index (χ4n) is 2.81. The van der Waals surface area contributed by atoms with Gasteiger partial charge in [-0.2, -0.15) is 0 Å². The van der Waals surface area contributed by atoms with Crippen LogP contribution in [0.5, 0.6) is 0 Å². The van der Waals surface area contributed by atoms with Gasteiger partial charge in [-0.05, 0) is 43.2 Å². The van der Waals surface area contributed by atoms with Gasteiger partial charge in [0.1, 0.15) is 5.76 Å². The summed E-state index contributed by atoms with van der Waals surface area (Å²) in [6.45, 7) is 5.41. The number of hydrogen-bond acceptors (Lipinski definition) is 3. The molecule has 0 spiro atoms. The third-order valence-corrected chi connectivity index (χ3v) is 4.39. The molecule has 5 nitrogen and oxygen atoms in total. The first-order valence-corrected chi connectivity index (χ1v) is 8.66. The molecule has 0 radical (unpaired) electrons. The summed E-state index contributed by atoms with van der Waals surface area (Å²) in [6, 6.07) is 16.4. The summed E-state index contributed by atoms with van der Waals surface area (Å²) in [5.74, 6) is 0.718. The van der Waals surface area contributed by atoms with Crippen molar-refractivity contribution in [1.29, 1.82) is 0 Å². The van der Waals surface area contributed by atoms with Crippen LogP contribution in [-0.2, 0) is 13.1 Å². The van der Waals surface area contributed by atoms with Crippen LogP contribution in [0.3, 0.4) is 0 Å². The highest BCUT2D eigenvalue weighted by molar-refractivity contribution is 5.91. The summed E-state index contributed by atoms with van der Waals surface area (Å²) in [5.41, 5.74) is 2.17. The number of aryl methyl sites for hydroxylation is 1. The molecule has 2 heterocycles. The number of nitrogens with zero attached hydrogens (tertiary/aromatic N) is 2. The molecule has 0 fully saturated rings. The van der Waals surface area contributed by atoms with Gasteiger partial charge in [-0.3, -0.25) is 9.59 Å². The summed E-state index contributed by atoms with van der Waals surface area (Å²) in [5, 5.41) is 0. The lowest BCUT2D eigenvalue weighted by Crippen LogP contribution is -2.30. The zero-order valence-electron chi connectivity index (χ0n) is 15.0. The highest BCUT2D eigenvalue weighted by atomic mass is 16.4. The van der Waals surface area contributed by atoms with Crippen molar-refractivity contribution >= 4 is 5.91 Å². The minimum absolute atomic E-state index is 0.105. The van der Waals surface area contributed by atoms with Gasteiger partial charge in [0.25, 0.3) is 11.5 Å². The molecular weight excluding hydrogens is 328 g/mol. The van der Waals surface area contributed by atoms with Crippen LogP contribution in [0, 0.1) is 6.92 Å². The van der Waals surface area contributed by atoms with E-state index in [0.29, 0.717) is 31.2 Å². The van der Waals surface area contributed by atoms with Crippen LogP contribution < -0.4 is 5.56 Å². The fraction of sp³-hybridized carbons (Fsp3) is 0.238. The van der Waals surface area contributed by atoms with Crippen LogP contribution >= 0.6 is 0 Å². The van der Waals surface area contributed by atoms with E-state index in [4.69, 9.17) is 4.42 Å². The molecule has 0 atom stereocenters. The molecule has 0 aliphatic carbocycles. The quantitative estimate of drug-likeness (QED) is 0.684. The number of pyridine rings is 1. The van der Waals surface area contributed by atoms with Crippen molar-refractivity contribution in [2.24, 2.45) is 0 Å². The predicted molar refractivity (Wildman–Crippen MR) is 100 cm³/mol. The van der Waals surface area contributed by atoms with E-state index < -0.39 is 0 Å². The molecular formula is C21H22N2O3. The summed E-state index contributed by atoms with van der Waals surface area (Å²) in [4.78, 5) is 26.3. The second-order valence-corrected chi connectivity index (χ2v) is 6.18. The van der Waals surface area contributed by atoms with Crippen molar-refractivity contribution < 1.29 is 9.21 Å². The molecule has 3 aromatic rings. The maximum Gasteiger partial charge on any atom is 0.289 e. The zero-order valence-corrected chi connectivity index (χ0v) is 15.0. The molecule has 3 rings (SSSR count). The maximum atomic E-state index is 12.8. The van der Waals surface area contributed by atoms with Crippen molar-refractivity contribution in [3.8, 4) is 0 Å². The Kier molecular flexibility index (Phi) is 5.37. The van der Waals surface area contributed by atoms with Crippen molar-refractivity contribution in [3.05, 3.63) is 93.8 Å². The minimum atomic E-state index is -0.151. The molecule has 2 aromatic heterocycles. The second kappa shape index (κ2) is 7.87. The highest BCUT2D eigenvalue weighted by Crippen LogP contribution is 2.16. The SMILES string of the molecule is CCN(Cc1ccccc1C)C(=O)c1ccc(Cn2ccccc2=O)o1. The van der Waals surface area contributed by atoms with Crippen LogP contribution in [0.15, 0.2) is 70.0 Å². The van der Waals surface area contributed by atoms with Gasteiger partial charge in [-0.1, -0.05) is 30.3 Å². The lowest BCUT2D eigenvalue weighted by atomic mass is 10.1. The smallest absolute Gasteiger partial charge is 0.289 e. The monoisotopic (exact) mass is 350 g/mol. The molecule has 0 saturated heterocycles. The van der Waals surface area contributed by atoms with E-state index in [0.717, 1.165) is 11.1 Å². The van der Waals surface area contributed by atoms with E-state index in [2.05, 4.69) is 0 Å². The molecule has 0 bridgehead atoms. The van der Waals surface area contributed by atoms with E-state index in [-0.39, 0.29) is 11.5 Å². The van der Waals surface area contributed by atoms with Crippen LogP contribution in [0.1, 0.15) is 34.4 Å². The third kappa shape index (κ3) is 3.94. The standard InChI is InChI=1S/C21H22N2O3/c1-3-22(14-17-9-5-4-8-16(17)2)21(25)19-12-11-18(26-19)15-23-13-7-6-10-20(23)24/h4-13H,3,14-15H2,1-2H3. The first kappa shape index (κ1) is 17.7. The summed E-state index contributed by atoms with van der Waals surface area (Å²) in [6.07, 6.45) is 1.70. The van der Waals surface area contributed by atoms with E-state index >= 15 is 0 Å². The van der Waals surface area contributed by atoms with Gasteiger partial charge in [0, 0.05) is 25.4 Å². The lowest BCUT2D eigenvalue weighted by Gasteiger charge is -2.20. The molecule has 0 saturated carbocycles. The first-order valence-electron chi connectivity index (χ1n) is 8.66. The van der Waals surface area contributed by atoms with Crippen molar-refractivity contribution in [2.45, 2.75) is 26.9 Å². The van der Waals surface area contributed by atoms with Crippen LogP contribution in [0.4, 0.5) is 0 Å². The number of carbonyl (C=O) groups excluding carboxylic acids is 1. The lowest BCUT2D eigenvalue weighted by molar-refractivity contribution is 0.0718. The molecule has 1 amide bonds. The van der Waals surface area contributed by atoms with Gasteiger partial charge >= 0.3 is 0 Å². The minimum Gasteiger partial charge on any atom is -0.454 e. The number of carbonyl (C=O) groups is 1. The Hall–Kier alpha value is -3.08. The highest BCUT2D eigenvalue weighted by Gasteiger charge is 2.19. The van der Waals surface area contributed by atoms with Gasteiger partial charge in [0.2, 0.25) is 0 Å². The second-order valence-electron chi connectivity index (χ2n) is 6.18. The molecule has 134 valence electrons. The Labute approximate surface area is 152 Å². The molecule has 0 aliphatic heterocycles. The number of furan rings is 1. The molecule has 0 aliphatic rings. The van der Waals surface area contributed by atoms with Gasteiger partial charge < -0.3 is 13.9 Å². The van der Waals surface area contributed by atoms with Gasteiger partial charge in [0.05, 0.1) is 6.54 Å². The van der Waals surface area contributed by atoms with Gasteiger partial charge in [0.15, 0.2) is 5.76 Å². The van der Waals surface area contributed by atoms with Gasteiger partial charge in [-0.15, -0.1) is 0 Å². The molecule has 5 heteroatoms. The Morgan fingerprint density at radius 1 is 1.08 bits per heavy atom. The van der Waals surface area contributed by atoms with E-state index in [1.807, 2.05) is 38.1 Å². The Morgan fingerprint density at radius 2 is 1.85 bits per heavy atom. The van der Waals surface area contributed by atoms with E-state index in [9.17, 15) is 9.59 Å². The maximum absolute atomic E-state index is 12.8. The van der Waals surface area contributed by atoms with Crippen LogP contribution in [0.25, 0.3) is 0 Å². The van der Waals surface area contributed by atoms with Crippen LogP contribution in [0.2, 0.25) is 0 Å². The number of hydrogen-bond donors (Lipinski definition) is 0. The van der Waals surface area contributed by atoms with Crippen molar-refractivity contribution in [2.75, 3.05) is 6.54 Å². The van der Waals surface area contributed by atoms with E-state index in [1.165, 1.54) is 10.6 Å². The molecule has 1 aromatic carbocycles. The fourth-order valence-corrected chi connectivity index (χ4v) is 2.81.